The fraction of sp³-hybridized carbons (Fsp3) is 0.400. The van der Waals surface area contributed by atoms with Crippen LogP contribution in [0.25, 0.3) is 0 Å². The molecule has 5 nitrogen and oxygen atoms in total. The minimum atomic E-state index is -0.345. The average molecular weight is 274 g/mol. The van der Waals surface area contributed by atoms with Gasteiger partial charge in [-0.15, -0.1) is 0 Å². The lowest BCUT2D eigenvalue weighted by Crippen LogP contribution is -2.31. The van der Waals surface area contributed by atoms with Gasteiger partial charge in [0, 0.05) is 24.3 Å². The first-order chi connectivity index (χ1) is 9.56. The first-order valence-corrected chi connectivity index (χ1v) is 6.75. The van der Waals surface area contributed by atoms with Gasteiger partial charge < -0.3 is 10.2 Å². The lowest BCUT2D eigenvalue weighted by atomic mass is 10.1. The smallest absolute Gasteiger partial charge is 0.233 e. The molecule has 2 amide bonds. The SMILES string of the molecule is CC(=O)c1cccc(NC(=O)CC(=O)N2CCCC2)c1. The summed E-state index contributed by atoms with van der Waals surface area (Å²) < 4.78 is 0. The number of anilines is 1. The van der Waals surface area contributed by atoms with Gasteiger partial charge >= 0.3 is 0 Å². The summed E-state index contributed by atoms with van der Waals surface area (Å²) in [5.74, 6) is -0.542. The molecular weight excluding hydrogens is 256 g/mol. The van der Waals surface area contributed by atoms with Crippen LogP contribution in [-0.2, 0) is 9.59 Å². The summed E-state index contributed by atoms with van der Waals surface area (Å²) in [6, 6.07) is 6.70. The van der Waals surface area contributed by atoms with Crippen LogP contribution >= 0.6 is 0 Å². The van der Waals surface area contributed by atoms with Crippen LogP contribution in [0.3, 0.4) is 0 Å². The fourth-order valence-electron chi connectivity index (χ4n) is 2.24. The molecule has 0 saturated carbocycles. The molecule has 1 saturated heterocycles. The third kappa shape index (κ3) is 3.66. The number of benzene rings is 1. The molecule has 0 radical (unpaired) electrons. The Bertz CT molecular complexity index is 534. The summed E-state index contributed by atoms with van der Waals surface area (Å²) in [7, 11) is 0. The normalized spacial score (nSPS) is 14.2. The van der Waals surface area contributed by atoms with Gasteiger partial charge in [0.25, 0.3) is 0 Å². The van der Waals surface area contributed by atoms with Crippen molar-refractivity contribution in [2.24, 2.45) is 0 Å². The van der Waals surface area contributed by atoms with E-state index in [1.807, 2.05) is 0 Å². The first-order valence-electron chi connectivity index (χ1n) is 6.75. The zero-order valence-corrected chi connectivity index (χ0v) is 11.5. The van der Waals surface area contributed by atoms with Crippen molar-refractivity contribution in [3.05, 3.63) is 29.8 Å². The lowest BCUT2D eigenvalue weighted by molar-refractivity contribution is -0.133. The van der Waals surface area contributed by atoms with Crippen LogP contribution in [-0.4, -0.2) is 35.6 Å². The van der Waals surface area contributed by atoms with Crippen molar-refractivity contribution in [2.75, 3.05) is 18.4 Å². The molecule has 0 spiro atoms. The van der Waals surface area contributed by atoms with Crippen molar-refractivity contribution in [3.8, 4) is 0 Å². The Balaban J connectivity index is 1.92. The van der Waals surface area contributed by atoms with E-state index in [0.717, 1.165) is 25.9 Å². The standard InChI is InChI=1S/C15H18N2O3/c1-11(18)12-5-4-6-13(9-12)16-14(19)10-15(20)17-7-2-3-8-17/h4-6,9H,2-3,7-8,10H2,1H3,(H,16,19). The molecule has 0 atom stereocenters. The van der Waals surface area contributed by atoms with E-state index in [0.29, 0.717) is 11.3 Å². The predicted octanol–water partition coefficient (Wildman–Crippen LogP) is 1.84. The maximum atomic E-state index is 11.8. The summed E-state index contributed by atoms with van der Waals surface area (Å²) >= 11 is 0. The molecule has 1 heterocycles. The van der Waals surface area contributed by atoms with Gasteiger partial charge in [-0.2, -0.15) is 0 Å². The molecule has 0 aromatic heterocycles. The second-order valence-corrected chi connectivity index (χ2v) is 4.95. The Kier molecular flexibility index (Phi) is 4.50. The van der Waals surface area contributed by atoms with Crippen LogP contribution < -0.4 is 5.32 Å². The number of carbonyl (C=O) groups excluding carboxylic acids is 3. The molecule has 1 aromatic rings. The quantitative estimate of drug-likeness (QED) is 0.673. The third-order valence-corrected chi connectivity index (χ3v) is 3.32. The van der Waals surface area contributed by atoms with Crippen molar-refractivity contribution >= 4 is 23.3 Å². The van der Waals surface area contributed by atoms with Crippen LogP contribution in [0.4, 0.5) is 5.69 Å². The van der Waals surface area contributed by atoms with Crippen molar-refractivity contribution in [2.45, 2.75) is 26.2 Å². The maximum Gasteiger partial charge on any atom is 0.233 e. The minimum Gasteiger partial charge on any atom is -0.342 e. The summed E-state index contributed by atoms with van der Waals surface area (Å²) in [5, 5.41) is 2.65. The Labute approximate surface area is 118 Å². The average Bonchev–Trinajstić information content (AvgIpc) is 2.92. The number of nitrogens with one attached hydrogen (secondary N) is 1. The number of rotatable bonds is 4. The van der Waals surface area contributed by atoms with E-state index >= 15 is 0 Å². The van der Waals surface area contributed by atoms with Crippen molar-refractivity contribution < 1.29 is 14.4 Å². The van der Waals surface area contributed by atoms with E-state index in [9.17, 15) is 14.4 Å². The molecule has 106 valence electrons. The molecule has 20 heavy (non-hydrogen) atoms. The maximum absolute atomic E-state index is 11.8. The lowest BCUT2D eigenvalue weighted by Gasteiger charge is -2.14. The fourth-order valence-corrected chi connectivity index (χ4v) is 2.24. The third-order valence-electron chi connectivity index (χ3n) is 3.32. The number of amides is 2. The number of carbonyl (C=O) groups is 3. The highest BCUT2D eigenvalue weighted by Crippen LogP contribution is 2.13. The number of hydrogen-bond acceptors (Lipinski definition) is 3. The first kappa shape index (κ1) is 14.2. The highest BCUT2D eigenvalue weighted by molar-refractivity contribution is 6.04. The molecule has 1 aromatic carbocycles. The Morgan fingerprint density at radius 3 is 2.55 bits per heavy atom. The van der Waals surface area contributed by atoms with E-state index in [1.54, 1.807) is 29.2 Å². The Morgan fingerprint density at radius 2 is 1.90 bits per heavy atom. The van der Waals surface area contributed by atoms with Crippen molar-refractivity contribution in [1.82, 2.24) is 4.90 Å². The monoisotopic (exact) mass is 274 g/mol. The molecule has 0 bridgehead atoms. The summed E-state index contributed by atoms with van der Waals surface area (Å²) in [6.07, 6.45) is 1.87. The topological polar surface area (TPSA) is 66.5 Å². The van der Waals surface area contributed by atoms with Crippen LogP contribution in [0.5, 0.6) is 0 Å². The Hall–Kier alpha value is -2.17. The molecule has 1 fully saturated rings. The molecule has 0 unspecified atom stereocenters. The van der Waals surface area contributed by atoms with Crippen LogP contribution in [0.1, 0.15) is 36.5 Å². The van der Waals surface area contributed by atoms with Crippen LogP contribution in [0, 0.1) is 0 Å². The number of Topliss-reactive ketones (excluding diaryl/α,β-unsaturated/α-hetero) is 1. The highest BCUT2D eigenvalue weighted by Gasteiger charge is 2.20. The van der Waals surface area contributed by atoms with Gasteiger partial charge in [-0.1, -0.05) is 12.1 Å². The molecule has 1 N–H and O–H groups in total. The highest BCUT2D eigenvalue weighted by atomic mass is 16.2. The molecular formula is C15H18N2O3. The Morgan fingerprint density at radius 1 is 1.20 bits per heavy atom. The van der Waals surface area contributed by atoms with E-state index in [2.05, 4.69) is 5.32 Å². The summed E-state index contributed by atoms with van der Waals surface area (Å²) in [6.45, 7) is 2.95. The van der Waals surface area contributed by atoms with Gasteiger partial charge in [0.1, 0.15) is 6.42 Å². The van der Waals surface area contributed by atoms with Gasteiger partial charge in [0.05, 0.1) is 0 Å². The molecule has 2 rings (SSSR count). The largest absolute Gasteiger partial charge is 0.342 e. The van der Waals surface area contributed by atoms with Crippen molar-refractivity contribution in [1.29, 1.82) is 0 Å². The number of likely N-dealkylation sites (tertiary alicyclic amines) is 1. The van der Waals surface area contributed by atoms with E-state index < -0.39 is 0 Å². The molecule has 0 aliphatic carbocycles. The van der Waals surface area contributed by atoms with E-state index in [-0.39, 0.29) is 24.0 Å². The van der Waals surface area contributed by atoms with Gasteiger partial charge in [-0.3, -0.25) is 14.4 Å². The summed E-state index contributed by atoms with van der Waals surface area (Å²) in [4.78, 5) is 36.6. The zero-order valence-electron chi connectivity index (χ0n) is 11.5. The molecule has 1 aliphatic rings. The molecule has 1 aliphatic heterocycles. The van der Waals surface area contributed by atoms with Crippen molar-refractivity contribution in [3.63, 3.8) is 0 Å². The second kappa shape index (κ2) is 6.32. The van der Waals surface area contributed by atoms with E-state index in [4.69, 9.17) is 0 Å². The van der Waals surface area contributed by atoms with Gasteiger partial charge in [-0.05, 0) is 31.9 Å². The number of nitrogens with zero attached hydrogens (tertiary/aromatic N) is 1. The van der Waals surface area contributed by atoms with Gasteiger partial charge in [-0.25, -0.2) is 0 Å². The molecule has 5 heteroatoms. The van der Waals surface area contributed by atoms with E-state index in [1.165, 1.54) is 6.92 Å². The van der Waals surface area contributed by atoms with Gasteiger partial charge in [0.2, 0.25) is 11.8 Å². The minimum absolute atomic E-state index is 0.0609. The number of ketones is 1. The second-order valence-electron chi connectivity index (χ2n) is 4.95. The summed E-state index contributed by atoms with van der Waals surface area (Å²) in [5.41, 5.74) is 1.07. The predicted molar refractivity (Wildman–Crippen MR) is 75.5 cm³/mol. The zero-order chi connectivity index (χ0) is 14.5. The van der Waals surface area contributed by atoms with Crippen LogP contribution in [0.2, 0.25) is 0 Å². The van der Waals surface area contributed by atoms with Crippen LogP contribution in [0.15, 0.2) is 24.3 Å². The number of hydrogen-bond donors (Lipinski definition) is 1. The van der Waals surface area contributed by atoms with Gasteiger partial charge in [0.15, 0.2) is 5.78 Å².